The van der Waals surface area contributed by atoms with Crippen molar-refractivity contribution in [1.82, 2.24) is 4.98 Å². The normalized spacial score (nSPS) is 12.6. The molecule has 0 aliphatic heterocycles. The van der Waals surface area contributed by atoms with Gasteiger partial charge >= 0.3 is 5.97 Å². The van der Waals surface area contributed by atoms with Crippen molar-refractivity contribution in [3.8, 4) is 0 Å². The first-order valence-electron chi connectivity index (χ1n) is 7.60. The number of aliphatic carboxylic acids is 1. The molecule has 1 atom stereocenters. The topological polar surface area (TPSA) is 96.4 Å². The van der Waals surface area contributed by atoms with Crippen LogP contribution >= 0.6 is 0 Å². The Bertz CT molecular complexity index is 1000. The molecule has 0 aliphatic rings. The summed E-state index contributed by atoms with van der Waals surface area (Å²) in [6, 6.07) is 18.9. The van der Waals surface area contributed by atoms with Gasteiger partial charge in [-0.3, -0.25) is 9.52 Å². The molecule has 0 radical (unpaired) electrons. The molecule has 1 aromatic heterocycles. The highest BCUT2D eigenvalue weighted by Crippen LogP contribution is 2.28. The number of para-hydroxylation sites is 1. The number of rotatable bonds is 6. The Balaban J connectivity index is 1.95. The fraction of sp³-hybridized carbons (Fsp3) is 0.111. The van der Waals surface area contributed by atoms with Gasteiger partial charge in [-0.2, -0.15) is 0 Å². The third-order valence-electron chi connectivity index (χ3n) is 3.75. The molecule has 3 aromatic rings. The summed E-state index contributed by atoms with van der Waals surface area (Å²) in [5.41, 5.74) is 1.07. The lowest BCUT2D eigenvalue weighted by molar-refractivity contribution is -0.137. The number of fused-ring (bicyclic) bond motifs is 1. The smallest absolute Gasteiger partial charge is 0.305 e. The maximum atomic E-state index is 12.8. The molecule has 128 valence electrons. The standard InChI is InChI=1S/C18H16N2O4S/c21-18(22)12-16(14-7-2-1-3-8-14)25(23,24)20-17-11-10-13-6-4-5-9-15(13)19-17/h1-11,16H,12H2,(H,19,20)(H,21,22). The molecule has 25 heavy (non-hydrogen) atoms. The van der Waals surface area contributed by atoms with E-state index >= 15 is 0 Å². The molecule has 6 nitrogen and oxygen atoms in total. The summed E-state index contributed by atoms with van der Waals surface area (Å²) in [5.74, 6) is -1.03. The summed E-state index contributed by atoms with van der Waals surface area (Å²) >= 11 is 0. The summed E-state index contributed by atoms with van der Waals surface area (Å²) in [7, 11) is -3.99. The second-order valence-corrected chi connectivity index (χ2v) is 7.40. The Hall–Kier alpha value is -2.93. The zero-order chi connectivity index (χ0) is 17.9. The van der Waals surface area contributed by atoms with Crippen LogP contribution in [0.15, 0.2) is 66.7 Å². The number of pyridine rings is 1. The predicted molar refractivity (Wildman–Crippen MR) is 95.7 cm³/mol. The fourth-order valence-corrected chi connectivity index (χ4v) is 4.00. The highest BCUT2D eigenvalue weighted by molar-refractivity contribution is 7.93. The lowest BCUT2D eigenvalue weighted by Gasteiger charge is -2.17. The average molecular weight is 356 g/mol. The van der Waals surface area contributed by atoms with E-state index in [-0.39, 0.29) is 5.82 Å². The van der Waals surface area contributed by atoms with Gasteiger partial charge in [0.1, 0.15) is 11.1 Å². The first-order chi connectivity index (χ1) is 12.0. The van der Waals surface area contributed by atoms with Gasteiger partial charge in [-0.05, 0) is 23.8 Å². The van der Waals surface area contributed by atoms with Gasteiger partial charge in [-0.1, -0.05) is 48.5 Å². The molecule has 1 heterocycles. The van der Waals surface area contributed by atoms with E-state index in [0.717, 1.165) is 5.39 Å². The zero-order valence-corrected chi connectivity index (χ0v) is 14.0. The summed E-state index contributed by atoms with van der Waals surface area (Å²) in [4.78, 5) is 15.4. The quantitative estimate of drug-likeness (QED) is 0.707. The van der Waals surface area contributed by atoms with E-state index < -0.39 is 27.7 Å². The van der Waals surface area contributed by atoms with Crippen LogP contribution in [0.5, 0.6) is 0 Å². The Labute approximate surface area is 145 Å². The second kappa shape index (κ2) is 6.90. The van der Waals surface area contributed by atoms with E-state index in [0.29, 0.717) is 11.1 Å². The van der Waals surface area contributed by atoms with Crippen LogP contribution in [0.4, 0.5) is 5.82 Å². The molecule has 0 aliphatic carbocycles. The maximum Gasteiger partial charge on any atom is 0.305 e. The number of anilines is 1. The van der Waals surface area contributed by atoms with E-state index in [1.165, 1.54) is 0 Å². The van der Waals surface area contributed by atoms with Crippen LogP contribution in [0.2, 0.25) is 0 Å². The number of carboxylic acid groups (broad SMARTS) is 1. The summed E-state index contributed by atoms with van der Waals surface area (Å²) < 4.78 is 27.9. The van der Waals surface area contributed by atoms with Crippen LogP contribution < -0.4 is 4.72 Å². The van der Waals surface area contributed by atoms with Crippen molar-refractivity contribution in [2.24, 2.45) is 0 Å². The molecule has 1 unspecified atom stereocenters. The highest BCUT2D eigenvalue weighted by atomic mass is 32.2. The van der Waals surface area contributed by atoms with Crippen LogP contribution in [0, 0.1) is 0 Å². The van der Waals surface area contributed by atoms with Gasteiger partial charge in [0.2, 0.25) is 10.0 Å². The first-order valence-corrected chi connectivity index (χ1v) is 9.14. The Morgan fingerprint density at radius 2 is 1.68 bits per heavy atom. The minimum atomic E-state index is -3.99. The van der Waals surface area contributed by atoms with Gasteiger partial charge in [-0.25, -0.2) is 13.4 Å². The van der Waals surface area contributed by atoms with Crippen molar-refractivity contribution in [2.45, 2.75) is 11.7 Å². The highest BCUT2D eigenvalue weighted by Gasteiger charge is 2.30. The Morgan fingerprint density at radius 3 is 2.40 bits per heavy atom. The monoisotopic (exact) mass is 356 g/mol. The molecule has 7 heteroatoms. The molecule has 2 N–H and O–H groups in total. The molecule has 0 saturated carbocycles. The van der Waals surface area contributed by atoms with Gasteiger partial charge in [0.15, 0.2) is 0 Å². The van der Waals surface area contributed by atoms with Crippen molar-refractivity contribution >= 4 is 32.7 Å². The van der Waals surface area contributed by atoms with Crippen LogP contribution in [-0.4, -0.2) is 24.5 Å². The number of nitrogens with zero attached hydrogens (tertiary/aromatic N) is 1. The van der Waals surface area contributed by atoms with Crippen molar-refractivity contribution in [2.75, 3.05) is 4.72 Å². The zero-order valence-electron chi connectivity index (χ0n) is 13.2. The number of sulfonamides is 1. The van der Waals surface area contributed by atoms with Crippen LogP contribution in [0.3, 0.4) is 0 Å². The SMILES string of the molecule is O=C(O)CC(c1ccccc1)S(=O)(=O)Nc1ccc2ccccc2n1. The maximum absolute atomic E-state index is 12.8. The first kappa shape index (κ1) is 16.9. The van der Waals surface area contributed by atoms with E-state index in [4.69, 9.17) is 5.11 Å². The van der Waals surface area contributed by atoms with E-state index in [9.17, 15) is 13.2 Å². The van der Waals surface area contributed by atoms with E-state index in [1.54, 1.807) is 48.5 Å². The molecular weight excluding hydrogens is 340 g/mol. The van der Waals surface area contributed by atoms with Gasteiger partial charge in [0, 0.05) is 5.39 Å². The summed E-state index contributed by atoms with van der Waals surface area (Å²) in [6.45, 7) is 0. The molecule has 0 amide bonds. The van der Waals surface area contributed by atoms with Gasteiger partial charge in [0.05, 0.1) is 11.9 Å². The lowest BCUT2D eigenvalue weighted by Crippen LogP contribution is -2.24. The number of hydrogen-bond acceptors (Lipinski definition) is 4. The van der Waals surface area contributed by atoms with Gasteiger partial charge in [-0.15, -0.1) is 0 Å². The molecular formula is C18H16N2O4S. The molecule has 0 spiro atoms. The van der Waals surface area contributed by atoms with Crippen molar-refractivity contribution < 1.29 is 18.3 Å². The minimum Gasteiger partial charge on any atom is -0.481 e. The number of aromatic nitrogens is 1. The van der Waals surface area contributed by atoms with Gasteiger partial charge < -0.3 is 5.11 Å². The largest absolute Gasteiger partial charge is 0.481 e. The average Bonchev–Trinajstić information content (AvgIpc) is 2.60. The number of benzene rings is 2. The number of carbonyl (C=O) groups is 1. The molecule has 0 bridgehead atoms. The Kier molecular flexibility index (Phi) is 4.67. The van der Waals surface area contributed by atoms with Crippen LogP contribution in [-0.2, 0) is 14.8 Å². The second-order valence-electron chi connectivity index (χ2n) is 5.53. The van der Waals surface area contributed by atoms with E-state index in [1.807, 2.05) is 18.2 Å². The lowest BCUT2D eigenvalue weighted by atomic mass is 10.1. The predicted octanol–water partition coefficient (Wildman–Crippen LogP) is 3.19. The van der Waals surface area contributed by atoms with Crippen molar-refractivity contribution in [3.63, 3.8) is 0 Å². The summed E-state index contributed by atoms with van der Waals surface area (Å²) in [5, 5.41) is 8.78. The molecule has 0 fully saturated rings. The Morgan fingerprint density at radius 1 is 1.00 bits per heavy atom. The molecule has 0 saturated heterocycles. The summed E-state index contributed by atoms with van der Waals surface area (Å²) in [6.07, 6.45) is -0.535. The van der Waals surface area contributed by atoms with Crippen molar-refractivity contribution in [3.05, 3.63) is 72.3 Å². The number of hydrogen-bond donors (Lipinski definition) is 2. The van der Waals surface area contributed by atoms with E-state index in [2.05, 4.69) is 9.71 Å². The van der Waals surface area contributed by atoms with Crippen LogP contribution in [0.1, 0.15) is 17.2 Å². The molecule has 3 rings (SSSR count). The third kappa shape index (κ3) is 3.95. The van der Waals surface area contributed by atoms with Crippen LogP contribution in [0.25, 0.3) is 10.9 Å². The third-order valence-corrected chi connectivity index (χ3v) is 5.43. The van der Waals surface area contributed by atoms with Gasteiger partial charge in [0.25, 0.3) is 0 Å². The fourth-order valence-electron chi connectivity index (χ4n) is 2.57. The molecule has 2 aromatic carbocycles. The minimum absolute atomic E-state index is 0.157. The number of carboxylic acids is 1. The van der Waals surface area contributed by atoms with Crippen molar-refractivity contribution in [1.29, 1.82) is 0 Å². The number of nitrogens with one attached hydrogen (secondary N) is 1.